The van der Waals surface area contributed by atoms with Crippen LogP contribution in [0.5, 0.6) is 0 Å². The van der Waals surface area contributed by atoms with Crippen molar-refractivity contribution in [3.05, 3.63) is 32.8 Å². The Morgan fingerprint density at radius 3 is 2.95 bits per heavy atom. The summed E-state index contributed by atoms with van der Waals surface area (Å²) in [5.74, 6) is 0.599. The number of hydrogen-bond donors (Lipinski definition) is 1. The summed E-state index contributed by atoms with van der Waals surface area (Å²) >= 11 is 6.02. The Morgan fingerprint density at radius 2 is 2.30 bits per heavy atom. The lowest BCUT2D eigenvalue weighted by molar-refractivity contribution is -0.384. The number of halogens is 1. The van der Waals surface area contributed by atoms with Gasteiger partial charge in [-0.3, -0.25) is 10.1 Å². The molecule has 1 fully saturated rings. The third-order valence-corrected chi connectivity index (χ3v) is 4.20. The van der Waals surface area contributed by atoms with Gasteiger partial charge in [-0.25, -0.2) is 0 Å². The molecular weight excluding hydrogens is 278 g/mol. The Hall–Kier alpha value is -1.33. The minimum absolute atomic E-state index is 0.0246. The van der Waals surface area contributed by atoms with E-state index in [0.29, 0.717) is 12.5 Å². The van der Waals surface area contributed by atoms with E-state index in [1.807, 2.05) is 6.92 Å². The van der Waals surface area contributed by atoms with Crippen LogP contribution in [0.4, 0.5) is 11.4 Å². The highest BCUT2D eigenvalue weighted by molar-refractivity contribution is 6.33. The fourth-order valence-corrected chi connectivity index (χ4v) is 3.12. The number of benzene rings is 1. The first-order chi connectivity index (χ1) is 9.52. The molecule has 0 aliphatic carbocycles. The minimum Gasteiger partial charge on any atom is -0.371 e. The quantitative estimate of drug-likeness (QED) is 0.684. The second-order valence-corrected chi connectivity index (χ2v) is 5.79. The van der Waals surface area contributed by atoms with Crippen LogP contribution < -0.4 is 10.6 Å². The predicted molar refractivity (Wildman–Crippen MR) is 81.5 cm³/mol. The number of rotatable bonds is 4. The largest absolute Gasteiger partial charge is 0.371 e. The molecule has 1 aliphatic rings. The number of hydrogen-bond acceptors (Lipinski definition) is 4. The van der Waals surface area contributed by atoms with Crippen molar-refractivity contribution in [2.45, 2.75) is 26.2 Å². The Balaban J connectivity index is 2.24. The molecule has 1 unspecified atom stereocenters. The normalized spacial score (nSPS) is 19.1. The van der Waals surface area contributed by atoms with Gasteiger partial charge in [0, 0.05) is 24.8 Å². The van der Waals surface area contributed by atoms with Crippen molar-refractivity contribution in [1.82, 2.24) is 0 Å². The summed E-state index contributed by atoms with van der Waals surface area (Å²) in [5.41, 5.74) is 7.51. The van der Waals surface area contributed by atoms with Gasteiger partial charge in [-0.05, 0) is 50.3 Å². The summed E-state index contributed by atoms with van der Waals surface area (Å²) in [5, 5.41) is 11.1. The van der Waals surface area contributed by atoms with Gasteiger partial charge in [0.2, 0.25) is 0 Å². The Morgan fingerprint density at radius 1 is 1.55 bits per heavy atom. The van der Waals surface area contributed by atoms with E-state index in [-0.39, 0.29) is 10.7 Å². The molecule has 1 aliphatic heterocycles. The van der Waals surface area contributed by atoms with Gasteiger partial charge >= 0.3 is 0 Å². The van der Waals surface area contributed by atoms with Crippen LogP contribution in [0.25, 0.3) is 0 Å². The average molecular weight is 298 g/mol. The fraction of sp³-hybridized carbons (Fsp3) is 0.571. The van der Waals surface area contributed by atoms with E-state index in [0.717, 1.165) is 37.2 Å². The lowest BCUT2D eigenvalue weighted by Gasteiger charge is -2.35. The molecule has 0 spiro atoms. The van der Waals surface area contributed by atoms with Crippen LogP contribution >= 0.6 is 11.6 Å². The predicted octanol–water partition coefficient (Wildman–Crippen LogP) is 3.12. The maximum Gasteiger partial charge on any atom is 0.288 e. The van der Waals surface area contributed by atoms with Crippen molar-refractivity contribution < 1.29 is 4.92 Å². The summed E-state index contributed by atoms with van der Waals surface area (Å²) < 4.78 is 0. The molecule has 0 radical (unpaired) electrons. The zero-order chi connectivity index (χ0) is 14.7. The van der Waals surface area contributed by atoms with E-state index in [2.05, 4.69) is 4.90 Å². The van der Waals surface area contributed by atoms with Crippen LogP contribution in [0, 0.1) is 23.0 Å². The van der Waals surface area contributed by atoms with Gasteiger partial charge in [0.15, 0.2) is 0 Å². The smallest absolute Gasteiger partial charge is 0.288 e. The third-order valence-electron chi connectivity index (χ3n) is 3.90. The Kier molecular flexibility index (Phi) is 4.83. The first-order valence-electron chi connectivity index (χ1n) is 6.92. The zero-order valence-corrected chi connectivity index (χ0v) is 12.4. The van der Waals surface area contributed by atoms with E-state index in [4.69, 9.17) is 17.3 Å². The summed E-state index contributed by atoms with van der Waals surface area (Å²) in [6.07, 6.45) is 3.35. The van der Waals surface area contributed by atoms with E-state index < -0.39 is 4.92 Å². The van der Waals surface area contributed by atoms with E-state index >= 15 is 0 Å². The lowest BCUT2D eigenvalue weighted by Crippen LogP contribution is -2.36. The van der Waals surface area contributed by atoms with Gasteiger partial charge in [-0.15, -0.1) is 0 Å². The molecule has 0 amide bonds. The molecule has 1 saturated heterocycles. The molecule has 1 atom stereocenters. The summed E-state index contributed by atoms with van der Waals surface area (Å²) in [7, 11) is 0. The van der Waals surface area contributed by atoms with Gasteiger partial charge in [0.25, 0.3) is 5.69 Å². The molecule has 1 aromatic rings. The van der Waals surface area contributed by atoms with Gasteiger partial charge in [0.1, 0.15) is 5.02 Å². The molecule has 6 heteroatoms. The second-order valence-electron chi connectivity index (χ2n) is 5.38. The molecule has 1 heterocycles. The van der Waals surface area contributed by atoms with Crippen LogP contribution in [0.2, 0.25) is 5.02 Å². The van der Waals surface area contributed by atoms with Crippen LogP contribution in [0.1, 0.15) is 24.8 Å². The van der Waals surface area contributed by atoms with Gasteiger partial charge < -0.3 is 10.6 Å². The summed E-state index contributed by atoms with van der Waals surface area (Å²) in [6.45, 7) is 4.52. The molecule has 5 nitrogen and oxygen atoms in total. The monoisotopic (exact) mass is 297 g/mol. The number of nitrogens with two attached hydrogens (primary N) is 1. The molecular formula is C14H20ClN3O2. The van der Waals surface area contributed by atoms with Crippen molar-refractivity contribution in [2.75, 3.05) is 24.5 Å². The molecule has 0 saturated carbocycles. The van der Waals surface area contributed by atoms with Crippen molar-refractivity contribution in [2.24, 2.45) is 11.7 Å². The molecule has 0 bridgehead atoms. The zero-order valence-electron chi connectivity index (χ0n) is 11.6. The topological polar surface area (TPSA) is 72.4 Å². The number of nitro benzene ring substituents is 1. The Bertz CT molecular complexity index is 505. The third kappa shape index (κ3) is 3.22. The van der Waals surface area contributed by atoms with Crippen LogP contribution in [0.3, 0.4) is 0 Å². The molecule has 20 heavy (non-hydrogen) atoms. The highest BCUT2D eigenvalue weighted by Gasteiger charge is 2.23. The highest BCUT2D eigenvalue weighted by atomic mass is 35.5. The van der Waals surface area contributed by atoms with E-state index in [9.17, 15) is 10.1 Å². The van der Waals surface area contributed by atoms with Crippen LogP contribution in [-0.4, -0.2) is 24.6 Å². The van der Waals surface area contributed by atoms with Crippen molar-refractivity contribution in [1.29, 1.82) is 0 Å². The maximum atomic E-state index is 10.9. The van der Waals surface area contributed by atoms with Crippen molar-refractivity contribution >= 4 is 23.0 Å². The number of anilines is 1. The SMILES string of the molecule is Cc1cc([N+](=O)[O-])c(Cl)cc1N1CCCC(CCN)C1. The average Bonchev–Trinajstić information content (AvgIpc) is 2.41. The molecule has 2 N–H and O–H groups in total. The van der Waals surface area contributed by atoms with Gasteiger partial charge in [-0.1, -0.05) is 11.6 Å². The molecule has 0 aromatic heterocycles. The molecule has 2 rings (SSSR count). The minimum atomic E-state index is -0.438. The summed E-state index contributed by atoms with van der Waals surface area (Å²) in [4.78, 5) is 12.7. The van der Waals surface area contributed by atoms with Crippen LogP contribution in [0.15, 0.2) is 12.1 Å². The van der Waals surface area contributed by atoms with Crippen LogP contribution in [-0.2, 0) is 0 Å². The lowest BCUT2D eigenvalue weighted by atomic mass is 9.94. The Labute approximate surface area is 123 Å². The fourth-order valence-electron chi connectivity index (χ4n) is 2.89. The van der Waals surface area contributed by atoms with Gasteiger partial charge in [0.05, 0.1) is 4.92 Å². The van der Waals surface area contributed by atoms with E-state index in [1.54, 1.807) is 12.1 Å². The number of nitro groups is 1. The first-order valence-corrected chi connectivity index (χ1v) is 7.30. The maximum absolute atomic E-state index is 10.9. The highest BCUT2D eigenvalue weighted by Crippen LogP contribution is 2.34. The number of nitrogens with zero attached hydrogens (tertiary/aromatic N) is 2. The van der Waals surface area contributed by atoms with Crippen molar-refractivity contribution in [3.8, 4) is 0 Å². The van der Waals surface area contributed by atoms with E-state index in [1.165, 1.54) is 6.42 Å². The summed E-state index contributed by atoms with van der Waals surface area (Å²) in [6, 6.07) is 3.28. The number of piperidine rings is 1. The first kappa shape index (κ1) is 15.1. The van der Waals surface area contributed by atoms with Crippen molar-refractivity contribution in [3.63, 3.8) is 0 Å². The van der Waals surface area contributed by atoms with Gasteiger partial charge in [-0.2, -0.15) is 0 Å². The second kappa shape index (κ2) is 6.41. The number of aryl methyl sites for hydroxylation is 1. The molecule has 1 aromatic carbocycles. The standard InChI is InChI=1S/C14H20ClN3O2/c1-10-7-14(18(19)20)12(15)8-13(10)17-6-2-3-11(9-17)4-5-16/h7-8,11H,2-6,9,16H2,1H3. The molecule has 110 valence electrons.